The van der Waals surface area contributed by atoms with E-state index in [2.05, 4.69) is 19.1 Å². The Morgan fingerprint density at radius 3 is 2.53 bits per heavy atom. The Kier molecular flexibility index (Phi) is 3.88. The molecule has 1 aliphatic rings. The number of primary amides is 1. The SMILES string of the molecule is CCc1ccc(C(C)N2CC(C(N)=O)CC2=O)cc1. The van der Waals surface area contributed by atoms with Crippen LogP contribution >= 0.6 is 0 Å². The molecule has 1 aromatic carbocycles. The van der Waals surface area contributed by atoms with E-state index < -0.39 is 0 Å². The van der Waals surface area contributed by atoms with Gasteiger partial charge in [0.05, 0.1) is 12.0 Å². The van der Waals surface area contributed by atoms with Crippen LogP contribution in [0.3, 0.4) is 0 Å². The molecule has 4 heteroatoms. The maximum absolute atomic E-state index is 11.9. The molecule has 2 atom stereocenters. The van der Waals surface area contributed by atoms with Gasteiger partial charge in [0, 0.05) is 13.0 Å². The summed E-state index contributed by atoms with van der Waals surface area (Å²) in [6, 6.07) is 8.25. The topological polar surface area (TPSA) is 63.4 Å². The largest absolute Gasteiger partial charge is 0.369 e. The van der Waals surface area contributed by atoms with E-state index in [9.17, 15) is 9.59 Å². The predicted octanol–water partition coefficient (Wildman–Crippen LogP) is 1.64. The predicted molar refractivity (Wildman–Crippen MR) is 73.2 cm³/mol. The second-order valence-corrected chi connectivity index (χ2v) is 5.12. The van der Waals surface area contributed by atoms with Gasteiger partial charge in [-0.25, -0.2) is 0 Å². The van der Waals surface area contributed by atoms with E-state index in [1.54, 1.807) is 4.90 Å². The second-order valence-electron chi connectivity index (χ2n) is 5.12. The summed E-state index contributed by atoms with van der Waals surface area (Å²) in [5.74, 6) is -0.717. The standard InChI is InChI=1S/C15H20N2O2/c1-3-11-4-6-12(7-5-11)10(2)17-9-13(15(16)19)8-14(17)18/h4-7,10,13H,3,8-9H2,1-2H3,(H2,16,19). The molecule has 0 spiro atoms. The highest BCUT2D eigenvalue weighted by Gasteiger charge is 2.35. The van der Waals surface area contributed by atoms with Crippen molar-refractivity contribution in [3.8, 4) is 0 Å². The molecule has 2 unspecified atom stereocenters. The number of carbonyl (C=O) groups excluding carboxylic acids is 2. The molecular weight excluding hydrogens is 240 g/mol. The minimum absolute atomic E-state index is 0.0101. The summed E-state index contributed by atoms with van der Waals surface area (Å²) in [7, 11) is 0. The van der Waals surface area contributed by atoms with Crippen molar-refractivity contribution in [2.45, 2.75) is 32.7 Å². The van der Waals surface area contributed by atoms with Crippen LogP contribution in [0, 0.1) is 5.92 Å². The number of benzene rings is 1. The van der Waals surface area contributed by atoms with Gasteiger partial charge >= 0.3 is 0 Å². The van der Waals surface area contributed by atoms with Crippen molar-refractivity contribution in [1.82, 2.24) is 4.90 Å². The fraction of sp³-hybridized carbons (Fsp3) is 0.467. The number of nitrogens with two attached hydrogens (primary N) is 1. The number of amides is 2. The molecule has 1 aliphatic heterocycles. The van der Waals surface area contributed by atoms with Crippen LogP contribution in [0.1, 0.15) is 37.4 Å². The van der Waals surface area contributed by atoms with Gasteiger partial charge in [-0.1, -0.05) is 31.2 Å². The Hall–Kier alpha value is -1.84. The van der Waals surface area contributed by atoms with Gasteiger partial charge in [0.1, 0.15) is 0 Å². The van der Waals surface area contributed by atoms with Gasteiger partial charge in [-0.2, -0.15) is 0 Å². The number of hydrogen-bond donors (Lipinski definition) is 1. The number of nitrogens with zero attached hydrogens (tertiary/aromatic N) is 1. The van der Waals surface area contributed by atoms with Crippen LogP contribution in [-0.2, 0) is 16.0 Å². The zero-order valence-electron chi connectivity index (χ0n) is 11.4. The van der Waals surface area contributed by atoms with Gasteiger partial charge < -0.3 is 10.6 Å². The average molecular weight is 260 g/mol. The number of hydrogen-bond acceptors (Lipinski definition) is 2. The normalized spacial score (nSPS) is 20.6. The van der Waals surface area contributed by atoms with Gasteiger partial charge in [0.25, 0.3) is 0 Å². The van der Waals surface area contributed by atoms with Crippen LogP contribution in [0.25, 0.3) is 0 Å². The first-order valence-corrected chi connectivity index (χ1v) is 6.70. The summed E-state index contributed by atoms with van der Waals surface area (Å²) < 4.78 is 0. The summed E-state index contributed by atoms with van der Waals surface area (Å²) in [5, 5.41) is 0. The van der Waals surface area contributed by atoms with Gasteiger partial charge in [0.2, 0.25) is 11.8 Å². The summed E-state index contributed by atoms with van der Waals surface area (Å²) in [6.45, 7) is 4.53. The Morgan fingerprint density at radius 2 is 2.05 bits per heavy atom. The fourth-order valence-corrected chi connectivity index (χ4v) is 2.51. The second kappa shape index (κ2) is 5.43. The molecule has 1 heterocycles. The zero-order valence-corrected chi connectivity index (χ0v) is 11.4. The molecule has 4 nitrogen and oxygen atoms in total. The lowest BCUT2D eigenvalue weighted by atomic mass is 10.0. The smallest absolute Gasteiger partial charge is 0.223 e. The number of carbonyl (C=O) groups is 2. The van der Waals surface area contributed by atoms with Crippen LogP contribution in [-0.4, -0.2) is 23.3 Å². The molecule has 1 aromatic rings. The monoisotopic (exact) mass is 260 g/mol. The van der Waals surface area contributed by atoms with E-state index in [-0.39, 0.29) is 30.2 Å². The van der Waals surface area contributed by atoms with E-state index in [1.165, 1.54) is 5.56 Å². The summed E-state index contributed by atoms with van der Waals surface area (Å²) in [6.07, 6.45) is 1.24. The van der Waals surface area contributed by atoms with E-state index in [0.29, 0.717) is 6.54 Å². The van der Waals surface area contributed by atoms with E-state index in [4.69, 9.17) is 5.73 Å². The van der Waals surface area contributed by atoms with Gasteiger partial charge in [-0.3, -0.25) is 9.59 Å². The third-order valence-corrected chi connectivity index (χ3v) is 3.90. The molecular formula is C15H20N2O2. The Bertz CT molecular complexity index is 481. The maximum atomic E-state index is 11.9. The van der Waals surface area contributed by atoms with Crippen LogP contribution < -0.4 is 5.73 Å². The van der Waals surface area contributed by atoms with Crippen molar-refractivity contribution in [2.24, 2.45) is 11.7 Å². The molecule has 1 saturated heterocycles. The third-order valence-electron chi connectivity index (χ3n) is 3.90. The highest BCUT2D eigenvalue weighted by molar-refractivity contribution is 5.88. The van der Waals surface area contributed by atoms with Crippen molar-refractivity contribution in [2.75, 3.05) is 6.54 Å². The van der Waals surface area contributed by atoms with Crippen LogP contribution in [0.5, 0.6) is 0 Å². The van der Waals surface area contributed by atoms with Gasteiger partial charge in [0.15, 0.2) is 0 Å². The highest BCUT2D eigenvalue weighted by atomic mass is 16.2. The van der Waals surface area contributed by atoms with E-state index >= 15 is 0 Å². The number of likely N-dealkylation sites (tertiary alicyclic amines) is 1. The Balaban J connectivity index is 2.12. The minimum Gasteiger partial charge on any atom is -0.369 e. The first-order chi connectivity index (χ1) is 9.02. The summed E-state index contributed by atoms with van der Waals surface area (Å²) in [5.41, 5.74) is 7.65. The number of aryl methyl sites for hydroxylation is 1. The molecule has 1 fully saturated rings. The maximum Gasteiger partial charge on any atom is 0.223 e. The first kappa shape index (κ1) is 13.6. The highest BCUT2D eigenvalue weighted by Crippen LogP contribution is 2.28. The third kappa shape index (κ3) is 2.78. The Morgan fingerprint density at radius 1 is 1.42 bits per heavy atom. The fourth-order valence-electron chi connectivity index (χ4n) is 2.51. The molecule has 2 N–H and O–H groups in total. The van der Waals surface area contributed by atoms with Crippen molar-refractivity contribution in [1.29, 1.82) is 0 Å². The molecule has 0 aromatic heterocycles. The molecule has 0 aliphatic carbocycles. The quantitative estimate of drug-likeness (QED) is 0.894. The number of rotatable bonds is 4. The lowest BCUT2D eigenvalue weighted by Gasteiger charge is -2.25. The van der Waals surface area contributed by atoms with Crippen molar-refractivity contribution >= 4 is 11.8 Å². The molecule has 19 heavy (non-hydrogen) atoms. The molecule has 2 amide bonds. The van der Waals surface area contributed by atoms with Crippen LogP contribution in [0.2, 0.25) is 0 Å². The average Bonchev–Trinajstić information content (AvgIpc) is 2.80. The summed E-state index contributed by atoms with van der Waals surface area (Å²) >= 11 is 0. The van der Waals surface area contributed by atoms with Gasteiger partial charge in [-0.15, -0.1) is 0 Å². The van der Waals surface area contributed by atoms with Crippen LogP contribution in [0.4, 0.5) is 0 Å². The molecule has 0 bridgehead atoms. The molecule has 0 radical (unpaired) electrons. The van der Waals surface area contributed by atoms with E-state index in [1.807, 2.05) is 19.1 Å². The van der Waals surface area contributed by atoms with E-state index in [0.717, 1.165) is 12.0 Å². The molecule has 0 saturated carbocycles. The lowest BCUT2D eigenvalue weighted by molar-refractivity contribution is -0.130. The zero-order chi connectivity index (χ0) is 14.0. The minimum atomic E-state index is -0.385. The molecule has 2 rings (SSSR count). The first-order valence-electron chi connectivity index (χ1n) is 6.70. The van der Waals surface area contributed by atoms with Gasteiger partial charge in [-0.05, 0) is 24.5 Å². The molecule has 102 valence electrons. The summed E-state index contributed by atoms with van der Waals surface area (Å²) in [4.78, 5) is 24.9. The van der Waals surface area contributed by atoms with Crippen molar-refractivity contribution in [3.63, 3.8) is 0 Å². The van der Waals surface area contributed by atoms with Crippen molar-refractivity contribution in [3.05, 3.63) is 35.4 Å². The lowest BCUT2D eigenvalue weighted by Crippen LogP contribution is -2.30. The van der Waals surface area contributed by atoms with Crippen LogP contribution in [0.15, 0.2) is 24.3 Å². The Labute approximate surface area is 113 Å². The van der Waals surface area contributed by atoms with Crippen molar-refractivity contribution < 1.29 is 9.59 Å².